The van der Waals surface area contributed by atoms with E-state index in [0.29, 0.717) is 16.2 Å². The second-order valence-electron chi connectivity index (χ2n) is 6.15. The number of halogens is 2. The van der Waals surface area contributed by atoms with Crippen LogP contribution in [0, 0.1) is 11.6 Å². The van der Waals surface area contributed by atoms with E-state index in [1.807, 2.05) is 5.32 Å². The normalized spacial score (nSPS) is 15.7. The standard InChI is InChI=1S/C21H12F2N2O4/c22-13-6-4-12(5-7-13)18-9-8-16(29-18)11-17-19(26)24-21(28)25(20(17)27)15-3-1-2-14(23)10-15/h1-11H,(H,24,26,28)/b17-11+. The Labute approximate surface area is 163 Å². The van der Waals surface area contributed by atoms with Crippen LogP contribution in [0.2, 0.25) is 0 Å². The molecule has 1 fully saturated rings. The Kier molecular flexibility index (Phi) is 4.52. The molecule has 2 heterocycles. The zero-order chi connectivity index (χ0) is 20.5. The van der Waals surface area contributed by atoms with Gasteiger partial charge in [-0.3, -0.25) is 14.9 Å². The second-order valence-corrected chi connectivity index (χ2v) is 6.15. The molecule has 6 nitrogen and oxygen atoms in total. The zero-order valence-corrected chi connectivity index (χ0v) is 14.7. The monoisotopic (exact) mass is 394 g/mol. The molecular formula is C21H12F2N2O4. The topological polar surface area (TPSA) is 79.6 Å². The largest absolute Gasteiger partial charge is 0.457 e. The fourth-order valence-electron chi connectivity index (χ4n) is 2.85. The number of benzene rings is 2. The van der Waals surface area contributed by atoms with Gasteiger partial charge in [0, 0.05) is 5.56 Å². The molecule has 1 saturated heterocycles. The number of hydrogen-bond acceptors (Lipinski definition) is 4. The number of nitrogens with one attached hydrogen (secondary N) is 1. The molecule has 4 rings (SSSR count). The van der Waals surface area contributed by atoms with Crippen LogP contribution >= 0.6 is 0 Å². The van der Waals surface area contributed by atoms with Crippen molar-refractivity contribution in [1.82, 2.24) is 5.32 Å². The van der Waals surface area contributed by atoms with Crippen molar-refractivity contribution in [1.29, 1.82) is 0 Å². The Morgan fingerprint density at radius 3 is 2.38 bits per heavy atom. The van der Waals surface area contributed by atoms with Gasteiger partial charge in [0.15, 0.2) is 0 Å². The summed E-state index contributed by atoms with van der Waals surface area (Å²) in [6.45, 7) is 0. The maximum absolute atomic E-state index is 13.5. The van der Waals surface area contributed by atoms with Crippen LogP contribution in [0.25, 0.3) is 17.4 Å². The Bertz CT molecular complexity index is 1170. The highest BCUT2D eigenvalue weighted by molar-refractivity contribution is 6.39. The first-order chi connectivity index (χ1) is 13.9. The SMILES string of the molecule is O=C1NC(=O)N(c2cccc(F)c2)C(=O)/C1=C/c1ccc(-c2ccc(F)cc2)o1. The number of nitrogens with zero attached hydrogens (tertiary/aromatic N) is 1. The number of rotatable bonds is 3. The van der Waals surface area contributed by atoms with Gasteiger partial charge in [-0.05, 0) is 60.7 Å². The maximum Gasteiger partial charge on any atom is 0.335 e. The molecule has 0 unspecified atom stereocenters. The van der Waals surface area contributed by atoms with E-state index < -0.39 is 29.5 Å². The van der Waals surface area contributed by atoms with Crippen molar-refractivity contribution in [3.63, 3.8) is 0 Å². The number of barbiturate groups is 1. The van der Waals surface area contributed by atoms with Crippen molar-refractivity contribution in [3.8, 4) is 11.3 Å². The van der Waals surface area contributed by atoms with Crippen molar-refractivity contribution >= 4 is 29.6 Å². The molecule has 144 valence electrons. The van der Waals surface area contributed by atoms with Gasteiger partial charge in [-0.25, -0.2) is 18.5 Å². The molecule has 0 spiro atoms. The average molecular weight is 394 g/mol. The van der Waals surface area contributed by atoms with Crippen LogP contribution in [-0.2, 0) is 9.59 Å². The molecule has 0 bridgehead atoms. The van der Waals surface area contributed by atoms with Crippen LogP contribution < -0.4 is 10.2 Å². The van der Waals surface area contributed by atoms with Gasteiger partial charge in [0.2, 0.25) is 0 Å². The third kappa shape index (κ3) is 3.55. The highest BCUT2D eigenvalue weighted by Gasteiger charge is 2.37. The van der Waals surface area contributed by atoms with Crippen LogP contribution in [0.3, 0.4) is 0 Å². The van der Waals surface area contributed by atoms with Crippen LogP contribution in [0.4, 0.5) is 19.3 Å². The first-order valence-corrected chi connectivity index (χ1v) is 8.45. The number of imide groups is 2. The van der Waals surface area contributed by atoms with Crippen LogP contribution in [0.5, 0.6) is 0 Å². The number of anilines is 1. The summed E-state index contributed by atoms with van der Waals surface area (Å²) >= 11 is 0. The molecule has 0 saturated carbocycles. The van der Waals surface area contributed by atoms with Gasteiger partial charge in [0.1, 0.15) is 28.7 Å². The lowest BCUT2D eigenvalue weighted by Gasteiger charge is -2.26. The summed E-state index contributed by atoms with van der Waals surface area (Å²) in [5, 5.41) is 2.05. The van der Waals surface area contributed by atoms with Crippen LogP contribution in [0.1, 0.15) is 5.76 Å². The van der Waals surface area contributed by atoms with E-state index in [-0.39, 0.29) is 17.0 Å². The van der Waals surface area contributed by atoms with Gasteiger partial charge in [-0.1, -0.05) is 6.07 Å². The summed E-state index contributed by atoms with van der Waals surface area (Å²) < 4.78 is 32.2. The summed E-state index contributed by atoms with van der Waals surface area (Å²) in [5.74, 6) is -2.26. The molecule has 0 atom stereocenters. The summed E-state index contributed by atoms with van der Waals surface area (Å²) in [4.78, 5) is 37.7. The highest BCUT2D eigenvalue weighted by Crippen LogP contribution is 2.26. The number of amides is 4. The quantitative estimate of drug-likeness (QED) is 0.540. The molecule has 2 aromatic carbocycles. The van der Waals surface area contributed by atoms with Crippen molar-refractivity contribution in [2.45, 2.75) is 0 Å². The summed E-state index contributed by atoms with van der Waals surface area (Å²) in [6, 6.07) is 12.6. The fourth-order valence-corrected chi connectivity index (χ4v) is 2.85. The first kappa shape index (κ1) is 18.3. The minimum Gasteiger partial charge on any atom is -0.457 e. The van der Waals surface area contributed by atoms with Gasteiger partial charge in [-0.2, -0.15) is 0 Å². The minimum atomic E-state index is -0.978. The average Bonchev–Trinajstić information content (AvgIpc) is 3.14. The molecule has 1 aliphatic rings. The molecule has 0 aliphatic carbocycles. The lowest BCUT2D eigenvalue weighted by atomic mass is 10.1. The van der Waals surface area contributed by atoms with E-state index in [0.717, 1.165) is 12.1 Å². The van der Waals surface area contributed by atoms with Gasteiger partial charge < -0.3 is 4.42 Å². The van der Waals surface area contributed by atoms with Gasteiger partial charge in [0.05, 0.1) is 5.69 Å². The number of carbonyl (C=O) groups excluding carboxylic acids is 3. The number of urea groups is 1. The minimum absolute atomic E-state index is 0.0163. The lowest BCUT2D eigenvalue weighted by molar-refractivity contribution is -0.122. The van der Waals surface area contributed by atoms with Crippen molar-refractivity contribution in [2.75, 3.05) is 4.90 Å². The summed E-state index contributed by atoms with van der Waals surface area (Å²) in [7, 11) is 0. The number of furan rings is 1. The molecule has 1 aliphatic heterocycles. The lowest BCUT2D eigenvalue weighted by Crippen LogP contribution is -2.54. The van der Waals surface area contributed by atoms with Gasteiger partial charge in [-0.15, -0.1) is 0 Å². The van der Waals surface area contributed by atoms with E-state index in [4.69, 9.17) is 4.42 Å². The summed E-state index contributed by atoms with van der Waals surface area (Å²) in [6.07, 6.45) is 1.18. The Balaban J connectivity index is 1.67. The second kappa shape index (κ2) is 7.16. The number of carbonyl (C=O) groups is 3. The van der Waals surface area contributed by atoms with E-state index in [2.05, 4.69) is 0 Å². The van der Waals surface area contributed by atoms with E-state index >= 15 is 0 Å². The predicted octanol–water partition coefficient (Wildman–Crippen LogP) is 3.89. The number of hydrogen-bond donors (Lipinski definition) is 1. The van der Waals surface area contributed by atoms with Crippen LogP contribution in [-0.4, -0.2) is 17.8 Å². The maximum atomic E-state index is 13.5. The molecule has 4 amide bonds. The molecule has 1 N–H and O–H groups in total. The fraction of sp³-hybridized carbons (Fsp3) is 0. The smallest absolute Gasteiger partial charge is 0.335 e. The Morgan fingerprint density at radius 1 is 0.897 bits per heavy atom. The first-order valence-electron chi connectivity index (χ1n) is 8.45. The van der Waals surface area contributed by atoms with Crippen molar-refractivity contribution in [3.05, 3.63) is 83.6 Å². The highest BCUT2D eigenvalue weighted by atomic mass is 19.1. The Hall–Kier alpha value is -4.07. The van der Waals surface area contributed by atoms with E-state index in [1.54, 1.807) is 6.07 Å². The van der Waals surface area contributed by atoms with Gasteiger partial charge in [0.25, 0.3) is 11.8 Å². The Morgan fingerprint density at radius 2 is 1.66 bits per heavy atom. The molecule has 0 radical (unpaired) electrons. The molecule has 3 aromatic rings. The zero-order valence-electron chi connectivity index (χ0n) is 14.7. The van der Waals surface area contributed by atoms with E-state index in [1.165, 1.54) is 48.5 Å². The van der Waals surface area contributed by atoms with Crippen molar-refractivity contribution < 1.29 is 27.6 Å². The van der Waals surface area contributed by atoms with Crippen LogP contribution in [0.15, 0.2) is 70.7 Å². The molecule has 1 aromatic heterocycles. The molecule has 29 heavy (non-hydrogen) atoms. The third-order valence-electron chi connectivity index (χ3n) is 4.21. The third-order valence-corrected chi connectivity index (χ3v) is 4.21. The van der Waals surface area contributed by atoms with Crippen molar-refractivity contribution in [2.24, 2.45) is 0 Å². The predicted molar refractivity (Wildman–Crippen MR) is 99.5 cm³/mol. The van der Waals surface area contributed by atoms with E-state index in [9.17, 15) is 23.2 Å². The summed E-state index contributed by atoms with van der Waals surface area (Å²) in [5.41, 5.74) is 0.234. The molecular weight excluding hydrogens is 382 g/mol. The van der Waals surface area contributed by atoms with Gasteiger partial charge >= 0.3 is 6.03 Å². The molecule has 8 heteroatoms.